The Morgan fingerprint density at radius 3 is 2.11 bits per heavy atom. The lowest BCUT2D eigenvalue weighted by molar-refractivity contribution is -0.148. The predicted molar refractivity (Wildman–Crippen MR) is 104 cm³/mol. The van der Waals surface area contributed by atoms with Gasteiger partial charge in [0.15, 0.2) is 0 Å². The zero-order chi connectivity index (χ0) is 21.5. The summed E-state index contributed by atoms with van der Waals surface area (Å²) in [6, 6.07) is 8.87. The molecule has 0 heterocycles. The summed E-state index contributed by atoms with van der Waals surface area (Å²) in [5, 5.41) is 11.5. The summed E-state index contributed by atoms with van der Waals surface area (Å²) in [5.41, 5.74) is -0.0195. The number of aliphatic carboxylic acids is 1. The number of hydrogen-bond donors (Lipinski definition) is 1. The minimum absolute atomic E-state index is 0.00911. The van der Waals surface area contributed by atoms with Gasteiger partial charge in [-0.1, -0.05) is 44.2 Å². The normalized spacial score (nSPS) is 12.2. The van der Waals surface area contributed by atoms with E-state index in [1.807, 2.05) is 19.9 Å². The quantitative estimate of drug-likeness (QED) is 0.741. The number of amides is 2. The van der Waals surface area contributed by atoms with Crippen LogP contribution in [-0.2, 0) is 20.7 Å². The molecule has 0 radical (unpaired) electrons. The van der Waals surface area contributed by atoms with E-state index in [2.05, 4.69) is 0 Å². The second-order valence-corrected chi connectivity index (χ2v) is 7.88. The van der Waals surface area contributed by atoms with E-state index in [1.165, 1.54) is 7.05 Å². The summed E-state index contributed by atoms with van der Waals surface area (Å²) in [6.07, 6.45) is -3.02. The van der Waals surface area contributed by atoms with Gasteiger partial charge in [0.05, 0.1) is 0 Å². The van der Waals surface area contributed by atoms with Crippen LogP contribution in [0.25, 0.3) is 0 Å². The Balaban J connectivity index is 2.94. The third kappa shape index (κ3) is 7.85. The lowest BCUT2D eigenvalue weighted by atomic mass is 10.1. The van der Waals surface area contributed by atoms with Gasteiger partial charge in [0.25, 0.3) is 0 Å². The average Bonchev–Trinajstić information content (AvgIpc) is 2.57. The summed E-state index contributed by atoms with van der Waals surface area (Å²) in [6.45, 7) is 9.02. The summed E-state index contributed by atoms with van der Waals surface area (Å²) < 4.78 is 10.5. The Labute approximate surface area is 166 Å². The monoisotopic (exact) mass is 394 g/mol. The molecule has 0 aliphatic carbocycles. The molecule has 0 bridgehead atoms. The van der Waals surface area contributed by atoms with Gasteiger partial charge >= 0.3 is 18.2 Å². The molecule has 1 aromatic rings. The van der Waals surface area contributed by atoms with Crippen molar-refractivity contribution in [3.63, 3.8) is 0 Å². The number of ether oxygens (including phenoxy) is 2. The first-order chi connectivity index (χ1) is 12.9. The van der Waals surface area contributed by atoms with E-state index in [-0.39, 0.29) is 18.9 Å². The number of hydrazine groups is 1. The number of benzene rings is 1. The molecule has 28 heavy (non-hydrogen) atoms. The molecule has 0 saturated heterocycles. The van der Waals surface area contributed by atoms with E-state index in [1.54, 1.807) is 45.0 Å². The molecule has 0 saturated carbocycles. The van der Waals surface area contributed by atoms with E-state index in [0.29, 0.717) is 0 Å². The van der Waals surface area contributed by atoms with Crippen LogP contribution in [0.4, 0.5) is 9.59 Å². The Morgan fingerprint density at radius 2 is 1.64 bits per heavy atom. The van der Waals surface area contributed by atoms with Gasteiger partial charge in [-0.05, 0) is 32.3 Å². The van der Waals surface area contributed by atoms with Crippen LogP contribution in [0.1, 0.15) is 40.2 Å². The van der Waals surface area contributed by atoms with Gasteiger partial charge in [0, 0.05) is 20.0 Å². The second-order valence-electron chi connectivity index (χ2n) is 7.88. The molecule has 0 aliphatic rings. The van der Waals surface area contributed by atoms with Gasteiger partial charge < -0.3 is 14.6 Å². The van der Waals surface area contributed by atoms with Crippen molar-refractivity contribution >= 4 is 18.2 Å². The molecule has 2 amide bonds. The van der Waals surface area contributed by atoms with Crippen molar-refractivity contribution in [3.8, 4) is 0 Å². The van der Waals surface area contributed by atoms with Gasteiger partial charge in [-0.2, -0.15) is 0 Å². The van der Waals surface area contributed by atoms with Crippen LogP contribution in [0.2, 0.25) is 0 Å². The van der Waals surface area contributed by atoms with Gasteiger partial charge in [0.1, 0.15) is 5.60 Å². The van der Waals surface area contributed by atoms with Crippen molar-refractivity contribution in [3.05, 3.63) is 35.9 Å². The Morgan fingerprint density at radius 1 is 1.07 bits per heavy atom. The summed E-state index contributed by atoms with van der Waals surface area (Å²) in [7, 11) is 1.38. The lowest BCUT2D eigenvalue weighted by Crippen LogP contribution is -2.51. The number of carboxylic acid groups (broad SMARTS) is 1. The molecule has 1 aromatic carbocycles. The number of carboxylic acids is 1. The zero-order valence-corrected chi connectivity index (χ0v) is 17.3. The minimum atomic E-state index is -1.38. The average molecular weight is 394 g/mol. The number of hydrogen-bond acceptors (Lipinski definition) is 5. The highest BCUT2D eigenvalue weighted by molar-refractivity contribution is 5.79. The van der Waals surface area contributed by atoms with E-state index < -0.39 is 29.9 Å². The van der Waals surface area contributed by atoms with E-state index in [9.17, 15) is 19.5 Å². The molecule has 1 rings (SSSR count). The van der Waals surface area contributed by atoms with Crippen LogP contribution in [0.3, 0.4) is 0 Å². The molecule has 0 spiro atoms. The highest BCUT2D eigenvalue weighted by atomic mass is 16.6. The third-order valence-corrected chi connectivity index (χ3v) is 3.55. The molecular formula is C20H30N2O6. The highest BCUT2D eigenvalue weighted by Crippen LogP contribution is 2.14. The van der Waals surface area contributed by atoms with Crippen LogP contribution >= 0.6 is 0 Å². The van der Waals surface area contributed by atoms with Crippen molar-refractivity contribution in [2.45, 2.75) is 52.7 Å². The first-order valence-corrected chi connectivity index (χ1v) is 9.12. The zero-order valence-electron chi connectivity index (χ0n) is 17.3. The minimum Gasteiger partial charge on any atom is -0.478 e. The highest BCUT2D eigenvalue weighted by Gasteiger charge is 2.32. The van der Waals surface area contributed by atoms with Gasteiger partial charge in [-0.3, -0.25) is 0 Å². The Bertz CT molecular complexity index is 669. The van der Waals surface area contributed by atoms with Crippen LogP contribution in [-0.4, -0.2) is 58.6 Å². The SMILES string of the molecule is CC(C)CN(C(=O)O[C@H](Cc1ccccc1)C(=O)O)N(C)C(=O)OC(C)(C)C. The fourth-order valence-corrected chi connectivity index (χ4v) is 2.28. The van der Waals surface area contributed by atoms with Crippen molar-refractivity contribution in [2.24, 2.45) is 5.92 Å². The second kappa shape index (κ2) is 9.96. The van der Waals surface area contributed by atoms with Crippen LogP contribution in [0.15, 0.2) is 30.3 Å². The van der Waals surface area contributed by atoms with Crippen molar-refractivity contribution < 1.29 is 29.0 Å². The first kappa shape index (κ1) is 23.3. The molecule has 0 fully saturated rings. The lowest BCUT2D eigenvalue weighted by Gasteiger charge is -2.34. The van der Waals surface area contributed by atoms with Crippen LogP contribution in [0, 0.1) is 5.92 Å². The maximum Gasteiger partial charge on any atom is 0.429 e. The molecule has 0 aromatic heterocycles. The Kier molecular flexibility index (Phi) is 8.28. The largest absolute Gasteiger partial charge is 0.478 e. The van der Waals surface area contributed by atoms with Crippen LogP contribution < -0.4 is 0 Å². The summed E-state index contributed by atoms with van der Waals surface area (Å²) in [5.74, 6) is -1.25. The maximum absolute atomic E-state index is 12.7. The first-order valence-electron chi connectivity index (χ1n) is 9.12. The van der Waals surface area contributed by atoms with E-state index >= 15 is 0 Å². The number of rotatable bonds is 6. The molecule has 1 atom stereocenters. The molecular weight excluding hydrogens is 364 g/mol. The number of carbonyl (C=O) groups excluding carboxylic acids is 2. The smallest absolute Gasteiger partial charge is 0.429 e. The Hall–Kier alpha value is -2.77. The third-order valence-electron chi connectivity index (χ3n) is 3.55. The molecule has 0 unspecified atom stereocenters. The van der Waals surface area contributed by atoms with Crippen LogP contribution in [0.5, 0.6) is 0 Å². The van der Waals surface area contributed by atoms with Gasteiger partial charge in [-0.15, -0.1) is 0 Å². The summed E-state index contributed by atoms with van der Waals surface area (Å²) >= 11 is 0. The number of carbonyl (C=O) groups is 3. The molecule has 0 aliphatic heterocycles. The molecule has 1 N–H and O–H groups in total. The van der Waals surface area contributed by atoms with E-state index in [4.69, 9.17) is 9.47 Å². The predicted octanol–water partition coefficient (Wildman–Crippen LogP) is 3.56. The molecule has 8 nitrogen and oxygen atoms in total. The van der Waals surface area contributed by atoms with Crippen molar-refractivity contribution in [1.29, 1.82) is 0 Å². The standard InChI is InChI=1S/C20H30N2O6/c1-14(2)13-22(21(6)18(25)28-20(3,4)5)19(26)27-16(17(23)24)12-15-10-8-7-9-11-15/h7-11,14,16H,12-13H2,1-6H3,(H,23,24)/t16-/m1/s1. The van der Waals surface area contributed by atoms with Gasteiger partial charge in [0.2, 0.25) is 6.10 Å². The fraction of sp³-hybridized carbons (Fsp3) is 0.550. The molecule has 156 valence electrons. The molecule has 8 heteroatoms. The number of nitrogens with zero attached hydrogens (tertiary/aromatic N) is 2. The fourth-order valence-electron chi connectivity index (χ4n) is 2.28. The maximum atomic E-state index is 12.7. The van der Waals surface area contributed by atoms with Crippen molar-refractivity contribution in [1.82, 2.24) is 10.0 Å². The van der Waals surface area contributed by atoms with Gasteiger partial charge in [-0.25, -0.2) is 24.4 Å². The topological polar surface area (TPSA) is 96.4 Å². The summed E-state index contributed by atoms with van der Waals surface area (Å²) in [4.78, 5) is 36.6. The van der Waals surface area contributed by atoms with Crippen molar-refractivity contribution in [2.75, 3.05) is 13.6 Å². The van der Waals surface area contributed by atoms with E-state index in [0.717, 1.165) is 15.6 Å².